The van der Waals surface area contributed by atoms with Gasteiger partial charge in [0.25, 0.3) is 0 Å². The molecule has 0 amide bonds. The lowest BCUT2D eigenvalue weighted by atomic mass is 10.1. The van der Waals surface area contributed by atoms with Gasteiger partial charge in [-0.2, -0.15) is 0 Å². The number of ether oxygens (including phenoxy) is 2. The van der Waals surface area contributed by atoms with Crippen LogP contribution < -0.4 is 9.47 Å². The standard InChI is InChI=1S/C14H15FO3S/c1-17-10-7-14(19-8-10)12(16)6-9-3-4-13(18-2)11(15)5-9/h3-5,7-8,12,16H,6H2,1-2H3. The molecule has 1 aromatic carbocycles. The molecule has 1 atom stereocenters. The third-order valence-corrected chi connectivity index (χ3v) is 3.82. The first-order valence-corrected chi connectivity index (χ1v) is 6.65. The molecule has 102 valence electrons. The third kappa shape index (κ3) is 3.24. The summed E-state index contributed by atoms with van der Waals surface area (Å²) in [5, 5.41) is 11.9. The summed E-state index contributed by atoms with van der Waals surface area (Å²) in [6, 6.07) is 6.48. The molecule has 5 heteroatoms. The Kier molecular flexibility index (Phi) is 4.39. The fourth-order valence-electron chi connectivity index (χ4n) is 1.78. The Morgan fingerprint density at radius 2 is 2.05 bits per heavy atom. The number of methoxy groups -OCH3 is 2. The van der Waals surface area contributed by atoms with E-state index >= 15 is 0 Å². The summed E-state index contributed by atoms with van der Waals surface area (Å²) in [5.74, 6) is 0.506. The maximum Gasteiger partial charge on any atom is 0.165 e. The highest BCUT2D eigenvalue weighted by molar-refractivity contribution is 7.10. The maximum atomic E-state index is 13.5. The van der Waals surface area contributed by atoms with Gasteiger partial charge in [0, 0.05) is 16.7 Å². The van der Waals surface area contributed by atoms with E-state index in [0.717, 1.165) is 16.2 Å². The van der Waals surface area contributed by atoms with Crippen molar-refractivity contribution < 1.29 is 19.0 Å². The molecular formula is C14H15FO3S. The number of halogens is 1. The second kappa shape index (κ2) is 6.04. The molecule has 2 rings (SSSR count). The average molecular weight is 282 g/mol. The molecule has 0 fully saturated rings. The van der Waals surface area contributed by atoms with Crippen molar-refractivity contribution in [2.45, 2.75) is 12.5 Å². The summed E-state index contributed by atoms with van der Waals surface area (Å²) < 4.78 is 23.5. The minimum absolute atomic E-state index is 0.205. The van der Waals surface area contributed by atoms with E-state index in [0.29, 0.717) is 6.42 Å². The van der Waals surface area contributed by atoms with Crippen molar-refractivity contribution in [1.82, 2.24) is 0 Å². The molecule has 2 aromatic rings. The zero-order valence-electron chi connectivity index (χ0n) is 10.7. The number of rotatable bonds is 5. The second-order valence-corrected chi connectivity index (χ2v) is 5.02. The lowest BCUT2D eigenvalue weighted by Gasteiger charge is -2.09. The van der Waals surface area contributed by atoms with E-state index < -0.39 is 11.9 Å². The normalized spacial score (nSPS) is 12.2. The first-order chi connectivity index (χ1) is 9.13. The lowest BCUT2D eigenvalue weighted by Crippen LogP contribution is -2.00. The first-order valence-electron chi connectivity index (χ1n) is 5.77. The van der Waals surface area contributed by atoms with Crippen LogP contribution in [0.4, 0.5) is 4.39 Å². The molecule has 0 saturated carbocycles. The predicted octanol–water partition coefficient (Wildman–Crippen LogP) is 3.18. The smallest absolute Gasteiger partial charge is 0.165 e. The van der Waals surface area contributed by atoms with Crippen molar-refractivity contribution in [3.63, 3.8) is 0 Å². The molecule has 3 nitrogen and oxygen atoms in total. The molecule has 0 bridgehead atoms. The Balaban J connectivity index is 2.10. The van der Waals surface area contributed by atoms with Crippen LogP contribution in [0.25, 0.3) is 0 Å². The van der Waals surface area contributed by atoms with Crippen molar-refractivity contribution >= 4 is 11.3 Å². The van der Waals surface area contributed by atoms with Gasteiger partial charge in [-0.05, 0) is 23.8 Å². The molecule has 0 radical (unpaired) electrons. The second-order valence-electron chi connectivity index (χ2n) is 4.08. The topological polar surface area (TPSA) is 38.7 Å². The van der Waals surface area contributed by atoms with Crippen molar-refractivity contribution in [2.24, 2.45) is 0 Å². The van der Waals surface area contributed by atoms with Crippen molar-refractivity contribution in [3.05, 3.63) is 45.9 Å². The van der Waals surface area contributed by atoms with Crippen LogP contribution in [0.15, 0.2) is 29.6 Å². The van der Waals surface area contributed by atoms with E-state index in [1.807, 2.05) is 5.38 Å². The largest absolute Gasteiger partial charge is 0.496 e. The molecule has 1 N–H and O–H groups in total. The summed E-state index contributed by atoms with van der Waals surface area (Å²) in [7, 11) is 3.00. The monoisotopic (exact) mass is 282 g/mol. The third-order valence-electron chi connectivity index (χ3n) is 2.81. The zero-order valence-corrected chi connectivity index (χ0v) is 11.5. The molecule has 19 heavy (non-hydrogen) atoms. The van der Waals surface area contributed by atoms with Crippen LogP contribution >= 0.6 is 11.3 Å². The van der Waals surface area contributed by atoms with E-state index in [9.17, 15) is 9.50 Å². The van der Waals surface area contributed by atoms with Crippen LogP contribution in [0.2, 0.25) is 0 Å². The number of aliphatic hydroxyl groups is 1. The van der Waals surface area contributed by atoms with Gasteiger partial charge in [0.2, 0.25) is 0 Å². The van der Waals surface area contributed by atoms with Gasteiger partial charge in [-0.3, -0.25) is 0 Å². The minimum Gasteiger partial charge on any atom is -0.496 e. The number of thiophene rings is 1. The Morgan fingerprint density at radius 1 is 1.26 bits per heavy atom. The van der Waals surface area contributed by atoms with Crippen LogP contribution in [-0.2, 0) is 6.42 Å². The molecule has 1 unspecified atom stereocenters. The Hall–Kier alpha value is -1.59. The molecule has 0 aliphatic rings. The number of hydrogen-bond donors (Lipinski definition) is 1. The maximum absolute atomic E-state index is 13.5. The quantitative estimate of drug-likeness (QED) is 0.915. The van der Waals surface area contributed by atoms with Gasteiger partial charge < -0.3 is 14.6 Å². The summed E-state index contributed by atoms with van der Waals surface area (Å²) in [6.07, 6.45) is -0.313. The number of hydrogen-bond acceptors (Lipinski definition) is 4. The fraction of sp³-hybridized carbons (Fsp3) is 0.286. The predicted molar refractivity (Wildman–Crippen MR) is 72.5 cm³/mol. The van der Waals surface area contributed by atoms with E-state index in [1.165, 1.54) is 24.5 Å². The van der Waals surface area contributed by atoms with Crippen LogP contribution in [0.3, 0.4) is 0 Å². The number of aliphatic hydroxyl groups excluding tert-OH is 1. The first kappa shape index (κ1) is 13.8. The molecule has 0 aliphatic carbocycles. The zero-order chi connectivity index (χ0) is 13.8. The van der Waals surface area contributed by atoms with Crippen LogP contribution in [0.5, 0.6) is 11.5 Å². The van der Waals surface area contributed by atoms with Gasteiger partial charge in [-0.25, -0.2) is 4.39 Å². The van der Waals surface area contributed by atoms with Gasteiger partial charge in [0.05, 0.1) is 20.3 Å². The van der Waals surface area contributed by atoms with Gasteiger partial charge in [-0.1, -0.05) is 6.07 Å². The summed E-state index contributed by atoms with van der Waals surface area (Å²) >= 11 is 1.42. The van der Waals surface area contributed by atoms with Crippen molar-refractivity contribution in [1.29, 1.82) is 0 Å². The van der Waals surface area contributed by atoms with E-state index in [-0.39, 0.29) is 5.75 Å². The van der Waals surface area contributed by atoms with Crippen LogP contribution in [-0.4, -0.2) is 19.3 Å². The van der Waals surface area contributed by atoms with Crippen LogP contribution in [0, 0.1) is 5.82 Å². The van der Waals surface area contributed by atoms with Gasteiger partial charge in [0.1, 0.15) is 5.75 Å². The highest BCUT2D eigenvalue weighted by atomic mass is 32.1. The van der Waals surface area contributed by atoms with E-state index in [1.54, 1.807) is 25.3 Å². The highest BCUT2D eigenvalue weighted by Gasteiger charge is 2.13. The molecule has 0 spiro atoms. The molecule has 1 aromatic heterocycles. The molecule has 0 aliphatic heterocycles. The Bertz CT molecular complexity index is 553. The van der Waals surface area contributed by atoms with Gasteiger partial charge in [-0.15, -0.1) is 11.3 Å². The van der Waals surface area contributed by atoms with Gasteiger partial charge >= 0.3 is 0 Å². The van der Waals surface area contributed by atoms with E-state index in [2.05, 4.69) is 0 Å². The molecular weight excluding hydrogens is 267 g/mol. The van der Waals surface area contributed by atoms with Crippen molar-refractivity contribution in [2.75, 3.05) is 14.2 Å². The number of benzene rings is 1. The van der Waals surface area contributed by atoms with Gasteiger partial charge in [0.15, 0.2) is 11.6 Å². The van der Waals surface area contributed by atoms with Crippen molar-refractivity contribution in [3.8, 4) is 11.5 Å². The highest BCUT2D eigenvalue weighted by Crippen LogP contribution is 2.29. The summed E-state index contributed by atoms with van der Waals surface area (Å²) in [6.45, 7) is 0. The fourth-order valence-corrected chi connectivity index (χ4v) is 2.62. The summed E-state index contributed by atoms with van der Waals surface area (Å²) in [4.78, 5) is 0.799. The minimum atomic E-state index is -0.665. The SMILES string of the molecule is COc1csc(C(O)Cc2ccc(OC)c(F)c2)c1. The summed E-state index contributed by atoms with van der Waals surface area (Å²) in [5.41, 5.74) is 0.721. The van der Waals surface area contributed by atoms with E-state index in [4.69, 9.17) is 9.47 Å². The van der Waals surface area contributed by atoms with Crippen LogP contribution in [0.1, 0.15) is 16.5 Å². The molecule has 1 heterocycles. The lowest BCUT2D eigenvalue weighted by molar-refractivity contribution is 0.182. The Labute approximate surface area is 115 Å². The Morgan fingerprint density at radius 3 is 2.63 bits per heavy atom. The average Bonchev–Trinajstić information content (AvgIpc) is 2.88. The molecule has 0 saturated heterocycles.